The Morgan fingerprint density at radius 1 is 0.842 bits per heavy atom. The van der Waals surface area contributed by atoms with Crippen molar-refractivity contribution in [3.8, 4) is 0 Å². The maximum atomic E-state index is 6.82. The van der Waals surface area contributed by atoms with Crippen LogP contribution in [0.3, 0.4) is 0 Å². The zero-order valence-corrected chi connectivity index (χ0v) is 13.9. The number of ether oxygens (including phenoxy) is 1. The first-order valence-corrected chi connectivity index (χ1v) is 8.52. The summed E-state index contributed by atoms with van der Waals surface area (Å²) in [6.07, 6.45) is 1.63. The molecule has 7 heteroatoms. The monoisotopic (exact) mass is 378 g/mol. The second-order valence-corrected chi connectivity index (χ2v) is 9.58. The maximum Gasteiger partial charge on any atom is 0.166 e. The van der Waals surface area contributed by atoms with E-state index in [0.717, 1.165) is 6.42 Å². The molecule has 0 spiro atoms. The Bertz CT molecular complexity index is 516. The summed E-state index contributed by atoms with van der Waals surface area (Å²) in [6.45, 7) is 0. The van der Waals surface area contributed by atoms with Crippen molar-refractivity contribution in [2.75, 3.05) is 0 Å². The van der Waals surface area contributed by atoms with Gasteiger partial charge in [0.1, 0.15) is 9.75 Å². The third-order valence-electron chi connectivity index (χ3n) is 5.92. The van der Waals surface area contributed by atoms with Crippen molar-refractivity contribution in [3.05, 3.63) is 10.1 Å². The van der Waals surface area contributed by atoms with Gasteiger partial charge in [0.2, 0.25) is 0 Å². The number of hydrogen-bond acceptors (Lipinski definition) is 1. The third-order valence-corrected chi connectivity index (χ3v) is 10.2. The van der Waals surface area contributed by atoms with Crippen LogP contribution in [-0.2, 0) is 4.74 Å². The third kappa shape index (κ3) is 0.986. The van der Waals surface area contributed by atoms with Gasteiger partial charge in [-0.3, -0.25) is 0 Å². The topological polar surface area (TPSA) is 12.5 Å². The molecule has 19 heavy (non-hydrogen) atoms. The summed E-state index contributed by atoms with van der Waals surface area (Å²) in [4.78, 5) is -2.17. The summed E-state index contributed by atoms with van der Waals surface area (Å²) in [5.74, 6) is 0.776. The summed E-state index contributed by atoms with van der Waals surface area (Å²) >= 11 is 39.5. The van der Waals surface area contributed by atoms with Gasteiger partial charge in [0.05, 0.1) is 22.3 Å². The van der Waals surface area contributed by atoms with Gasteiger partial charge in [0, 0.05) is 0 Å². The molecule has 1 heterocycles. The second-order valence-electron chi connectivity index (χ2n) is 6.31. The highest BCUT2D eigenvalue weighted by molar-refractivity contribution is 6.65. The molecule has 8 atom stereocenters. The first-order valence-electron chi connectivity index (χ1n) is 6.25. The SMILES string of the molecule is ClC1=C(Cl)[C@@]2(Cl)[C@H]3[C@H]4C[C@H]([C@@H]5O[C@H]45)[C@H]3[C@@]1(Cl)C2(Cl)Cl. The summed E-state index contributed by atoms with van der Waals surface area (Å²) in [6, 6.07) is 0. The number of rotatable bonds is 0. The van der Waals surface area contributed by atoms with Crippen LogP contribution in [0.15, 0.2) is 10.1 Å². The summed E-state index contributed by atoms with van der Waals surface area (Å²) in [7, 11) is 0. The van der Waals surface area contributed by atoms with Crippen LogP contribution in [0, 0.1) is 23.7 Å². The lowest BCUT2D eigenvalue weighted by Crippen LogP contribution is -2.46. The van der Waals surface area contributed by atoms with Gasteiger partial charge in [0.25, 0.3) is 0 Å². The van der Waals surface area contributed by atoms with E-state index in [1.165, 1.54) is 0 Å². The average molecular weight is 381 g/mol. The average Bonchev–Trinajstić information content (AvgIpc) is 2.91. The number of halogens is 6. The smallest absolute Gasteiger partial charge is 0.166 e. The van der Waals surface area contributed by atoms with Crippen LogP contribution >= 0.6 is 69.6 Å². The Morgan fingerprint density at radius 2 is 1.26 bits per heavy atom. The fourth-order valence-electron chi connectivity index (χ4n) is 5.30. The van der Waals surface area contributed by atoms with Crippen molar-refractivity contribution in [3.63, 3.8) is 0 Å². The quantitative estimate of drug-likeness (QED) is 0.343. The van der Waals surface area contributed by atoms with Crippen molar-refractivity contribution >= 4 is 69.6 Å². The summed E-state index contributed by atoms with van der Waals surface area (Å²) < 4.78 is 4.35. The van der Waals surface area contributed by atoms with E-state index in [1.807, 2.05) is 0 Å². The molecule has 4 bridgehead atoms. The molecule has 3 saturated carbocycles. The molecule has 4 aliphatic carbocycles. The molecule has 5 rings (SSSR count). The van der Waals surface area contributed by atoms with E-state index < -0.39 is 14.1 Å². The van der Waals surface area contributed by atoms with E-state index in [0.29, 0.717) is 21.9 Å². The van der Waals surface area contributed by atoms with Gasteiger partial charge in [-0.15, -0.1) is 23.2 Å². The minimum atomic E-state index is -1.37. The number of epoxide rings is 1. The predicted molar refractivity (Wildman–Crippen MR) is 77.6 cm³/mol. The van der Waals surface area contributed by atoms with E-state index >= 15 is 0 Å². The molecule has 1 nitrogen and oxygen atoms in total. The highest BCUT2D eigenvalue weighted by Crippen LogP contribution is 2.84. The zero-order valence-electron chi connectivity index (χ0n) is 9.35. The number of alkyl halides is 4. The maximum absolute atomic E-state index is 6.82. The Balaban J connectivity index is 1.80. The van der Waals surface area contributed by atoms with Crippen molar-refractivity contribution in [1.29, 1.82) is 0 Å². The molecule has 1 aliphatic heterocycles. The number of hydrogen-bond donors (Lipinski definition) is 0. The van der Waals surface area contributed by atoms with Crippen molar-refractivity contribution in [2.45, 2.75) is 32.7 Å². The minimum Gasteiger partial charge on any atom is -0.369 e. The second kappa shape index (κ2) is 3.20. The van der Waals surface area contributed by atoms with E-state index in [4.69, 9.17) is 74.3 Å². The van der Waals surface area contributed by atoms with Crippen LogP contribution < -0.4 is 0 Å². The minimum absolute atomic E-state index is 0.0467. The van der Waals surface area contributed by atoms with Crippen LogP contribution in [0.4, 0.5) is 0 Å². The molecular weight excluding hydrogens is 373 g/mol. The molecule has 0 aromatic carbocycles. The normalized spacial score (nSPS) is 66.6. The summed E-state index contributed by atoms with van der Waals surface area (Å²) in [5, 5.41) is 0.642. The molecule has 0 unspecified atom stereocenters. The highest BCUT2D eigenvalue weighted by atomic mass is 35.5. The molecular formula is C12H8Cl6O. The van der Waals surface area contributed by atoms with Crippen LogP contribution in [0.2, 0.25) is 0 Å². The molecule has 5 aliphatic rings. The first-order chi connectivity index (χ1) is 8.78. The van der Waals surface area contributed by atoms with Gasteiger partial charge in [-0.2, -0.15) is 0 Å². The Morgan fingerprint density at radius 3 is 1.68 bits per heavy atom. The largest absolute Gasteiger partial charge is 0.369 e. The van der Waals surface area contributed by atoms with Crippen molar-refractivity contribution < 1.29 is 4.74 Å². The van der Waals surface area contributed by atoms with Gasteiger partial charge in [-0.05, 0) is 30.1 Å². The predicted octanol–water partition coefficient (Wildman–Crippen LogP) is 4.48. The highest BCUT2D eigenvalue weighted by Gasteiger charge is 2.89. The summed E-state index contributed by atoms with van der Waals surface area (Å²) in [5.41, 5.74) is 0. The first kappa shape index (κ1) is 12.9. The molecule has 4 fully saturated rings. The fourth-order valence-corrected chi connectivity index (χ4v) is 8.43. The van der Waals surface area contributed by atoms with E-state index in [1.54, 1.807) is 0 Å². The Labute approximate surface area is 140 Å². The van der Waals surface area contributed by atoms with Crippen LogP contribution in [0.25, 0.3) is 0 Å². The Hall–Kier alpha value is 1.44. The number of allylic oxidation sites excluding steroid dienone is 2. The van der Waals surface area contributed by atoms with E-state index in [2.05, 4.69) is 0 Å². The molecule has 0 radical (unpaired) electrons. The van der Waals surface area contributed by atoms with E-state index in [9.17, 15) is 0 Å². The lowest BCUT2D eigenvalue weighted by Gasteiger charge is -2.38. The zero-order chi connectivity index (χ0) is 13.5. The van der Waals surface area contributed by atoms with Gasteiger partial charge in [-0.25, -0.2) is 0 Å². The van der Waals surface area contributed by atoms with Crippen LogP contribution in [-0.4, -0.2) is 26.3 Å². The lowest BCUT2D eigenvalue weighted by atomic mass is 9.73. The van der Waals surface area contributed by atoms with Gasteiger partial charge >= 0.3 is 0 Å². The molecule has 0 amide bonds. The van der Waals surface area contributed by atoms with Gasteiger partial charge in [-0.1, -0.05) is 46.4 Å². The van der Waals surface area contributed by atoms with Crippen molar-refractivity contribution in [2.24, 2.45) is 23.7 Å². The molecule has 0 aromatic rings. The lowest BCUT2D eigenvalue weighted by molar-refractivity contribution is 0.237. The molecule has 1 saturated heterocycles. The Kier molecular flexibility index (Phi) is 2.18. The molecule has 0 aromatic heterocycles. The van der Waals surface area contributed by atoms with Gasteiger partial charge < -0.3 is 4.74 Å². The van der Waals surface area contributed by atoms with Crippen molar-refractivity contribution in [1.82, 2.24) is 0 Å². The number of fused-ring (bicyclic) bond motifs is 12. The van der Waals surface area contributed by atoms with Crippen LogP contribution in [0.5, 0.6) is 0 Å². The van der Waals surface area contributed by atoms with Crippen LogP contribution in [0.1, 0.15) is 6.42 Å². The fraction of sp³-hybridized carbons (Fsp3) is 0.833. The molecule has 0 N–H and O–H groups in total. The standard InChI is InChI=1S/C12H8Cl6O/c13-8-9(14)11(16)5-3-1-2(6-7(3)19-6)4(5)10(8,15)12(11,17)18/h2-7H,1H2/t2-,3+,4+,5-,6-,7+,10-,11-/m0/s1. The van der Waals surface area contributed by atoms with Gasteiger partial charge in [0.15, 0.2) is 4.33 Å². The van der Waals surface area contributed by atoms with E-state index in [-0.39, 0.29) is 24.0 Å². The molecule has 104 valence electrons.